The van der Waals surface area contributed by atoms with Crippen LogP contribution in [-0.2, 0) is 6.18 Å². The van der Waals surface area contributed by atoms with E-state index in [1.54, 1.807) is 0 Å². The summed E-state index contributed by atoms with van der Waals surface area (Å²) in [4.78, 5) is 0.0261. The zero-order valence-electron chi connectivity index (χ0n) is 10.3. The third kappa shape index (κ3) is 4.42. The molecular weight excluding hydrogens is 314 g/mol. The van der Waals surface area contributed by atoms with Crippen molar-refractivity contribution in [3.63, 3.8) is 0 Å². The summed E-state index contributed by atoms with van der Waals surface area (Å²) in [5.41, 5.74) is -4.08. The summed E-state index contributed by atoms with van der Waals surface area (Å²) in [5, 5.41) is 0. The van der Waals surface area contributed by atoms with Crippen molar-refractivity contribution in [2.45, 2.75) is 16.6 Å². The van der Waals surface area contributed by atoms with Gasteiger partial charge in [0.05, 0.1) is 5.56 Å². The van der Waals surface area contributed by atoms with Crippen molar-refractivity contribution in [3.8, 4) is 11.1 Å². The number of alkyl halides is 6. The summed E-state index contributed by atoms with van der Waals surface area (Å²) in [5.74, 6) is 0. The van der Waals surface area contributed by atoms with Crippen molar-refractivity contribution in [1.82, 2.24) is 0 Å². The minimum Gasteiger partial charge on any atom is -0.166 e. The monoisotopic (exact) mass is 322 g/mol. The molecule has 0 atom stereocenters. The highest BCUT2D eigenvalue weighted by Crippen LogP contribution is 2.37. The summed E-state index contributed by atoms with van der Waals surface area (Å²) in [6, 6.07) is 9.90. The first kappa shape index (κ1) is 15.8. The van der Waals surface area contributed by atoms with Crippen LogP contribution in [0.3, 0.4) is 0 Å². The number of rotatable bonds is 2. The van der Waals surface area contributed by atoms with E-state index in [0.717, 1.165) is 12.1 Å². The van der Waals surface area contributed by atoms with Gasteiger partial charge >= 0.3 is 11.7 Å². The van der Waals surface area contributed by atoms with Gasteiger partial charge in [0.1, 0.15) is 0 Å². The maximum Gasteiger partial charge on any atom is 0.446 e. The van der Waals surface area contributed by atoms with E-state index in [0.29, 0.717) is 11.1 Å². The first-order valence-electron chi connectivity index (χ1n) is 5.68. The Hall–Kier alpha value is -1.63. The molecule has 0 saturated heterocycles. The van der Waals surface area contributed by atoms with E-state index < -0.39 is 17.2 Å². The zero-order valence-corrected chi connectivity index (χ0v) is 11.1. The smallest absolute Gasteiger partial charge is 0.166 e. The molecule has 0 aliphatic rings. The van der Waals surface area contributed by atoms with Crippen LogP contribution in [0.2, 0.25) is 0 Å². The molecule has 0 aliphatic carbocycles. The number of thioether (sulfide) groups is 1. The summed E-state index contributed by atoms with van der Waals surface area (Å²) < 4.78 is 73.8. The SMILES string of the molecule is FC(F)(F)Sc1ccc(-c2ccc(C(F)(F)F)cc2)cc1. The van der Waals surface area contributed by atoms with Crippen molar-refractivity contribution in [2.24, 2.45) is 0 Å². The Morgan fingerprint density at radius 3 is 1.43 bits per heavy atom. The minimum atomic E-state index is -4.41. The Bertz CT molecular complexity index is 595. The van der Waals surface area contributed by atoms with Gasteiger partial charge in [-0.15, -0.1) is 0 Å². The van der Waals surface area contributed by atoms with E-state index in [1.165, 1.54) is 36.4 Å². The summed E-state index contributed by atoms with van der Waals surface area (Å²) >= 11 is -0.238. The lowest BCUT2D eigenvalue weighted by Gasteiger charge is -2.09. The maximum absolute atomic E-state index is 12.4. The molecule has 0 N–H and O–H groups in total. The van der Waals surface area contributed by atoms with Gasteiger partial charge in [-0.3, -0.25) is 0 Å². The molecule has 2 rings (SSSR count). The first-order chi connectivity index (χ1) is 9.65. The van der Waals surface area contributed by atoms with Gasteiger partial charge in [-0.2, -0.15) is 26.3 Å². The topological polar surface area (TPSA) is 0 Å². The van der Waals surface area contributed by atoms with Crippen molar-refractivity contribution >= 4 is 11.8 Å². The second-order valence-electron chi connectivity index (χ2n) is 4.15. The Labute approximate surface area is 120 Å². The number of benzene rings is 2. The average molecular weight is 322 g/mol. The molecule has 2 aromatic rings. The molecule has 7 heteroatoms. The van der Waals surface area contributed by atoms with Crippen LogP contribution in [0, 0.1) is 0 Å². The summed E-state index contributed by atoms with van der Waals surface area (Å²) in [6.45, 7) is 0. The highest BCUT2D eigenvalue weighted by Gasteiger charge is 2.30. The zero-order chi connectivity index (χ0) is 15.7. The molecule has 0 heterocycles. The average Bonchev–Trinajstić information content (AvgIpc) is 2.37. The fourth-order valence-electron chi connectivity index (χ4n) is 1.70. The molecule has 0 fully saturated rings. The molecule has 2 aromatic carbocycles. The third-order valence-electron chi connectivity index (χ3n) is 2.63. The molecule has 0 saturated carbocycles. The second kappa shape index (κ2) is 5.63. The van der Waals surface area contributed by atoms with Gasteiger partial charge in [-0.1, -0.05) is 24.3 Å². The van der Waals surface area contributed by atoms with E-state index in [4.69, 9.17) is 0 Å². The van der Waals surface area contributed by atoms with Crippen LogP contribution in [0.5, 0.6) is 0 Å². The van der Waals surface area contributed by atoms with Gasteiger partial charge in [0.25, 0.3) is 0 Å². The molecule has 112 valence electrons. The molecule has 0 amide bonds. The summed E-state index contributed by atoms with van der Waals surface area (Å²) in [7, 11) is 0. The Balaban J connectivity index is 2.19. The normalized spacial score (nSPS) is 12.5. The summed E-state index contributed by atoms with van der Waals surface area (Å²) in [6.07, 6.45) is -4.41. The van der Waals surface area contributed by atoms with E-state index in [2.05, 4.69) is 0 Å². The molecule has 0 spiro atoms. The van der Waals surface area contributed by atoms with E-state index in [-0.39, 0.29) is 16.7 Å². The van der Waals surface area contributed by atoms with Crippen LogP contribution >= 0.6 is 11.8 Å². The first-order valence-corrected chi connectivity index (χ1v) is 6.50. The van der Waals surface area contributed by atoms with Crippen LogP contribution in [0.15, 0.2) is 53.4 Å². The molecule has 0 unspecified atom stereocenters. The molecule has 21 heavy (non-hydrogen) atoms. The highest BCUT2D eigenvalue weighted by molar-refractivity contribution is 8.00. The number of halogens is 6. The van der Waals surface area contributed by atoms with Crippen molar-refractivity contribution in [1.29, 1.82) is 0 Å². The molecule has 0 radical (unpaired) electrons. The third-order valence-corrected chi connectivity index (χ3v) is 3.37. The van der Waals surface area contributed by atoms with Gasteiger partial charge in [-0.25, -0.2) is 0 Å². The Morgan fingerprint density at radius 1 is 0.619 bits per heavy atom. The Morgan fingerprint density at radius 2 is 1.05 bits per heavy atom. The van der Waals surface area contributed by atoms with E-state index >= 15 is 0 Å². The fourth-order valence-corrected chi connectivity index (χ4v) is 2.24. The quantitative estimate of drug-likeness (QED) is 0.484. The Kier molecular flexibility index (Phi) is 4.22. The van der Waals surface area contributed by atoms with Gasteiger partial charge in [0.2, 0.25) is 0 Å². The van der Waals surface area contributed by atoms with Crippen LogP contribution in [-0.4, -0.2) is 5.51 Å². The highest BCUT2D eigenvalue weighted by atomic mass is 32.2. The van der Waals surface area contributed by atoms with Crippen molar-refractivity contribution in [3.05, 3.63) is 54.1 Å². The van der Waals surface area contributed by atoms with Crippen LogP contribution in [0.1, 0.15) is 5.56 Å². The van der Waals surface area contributed by atoms with Gasteiger partial charge in [0, 0.05) is 4.90 Å². The predicted octanol–water partition coefficient (Wildman–Crippen LogP) is 5.98. The predicted molar refractivity (Wildman–Crippen MR) is 68.8 cm³/mol. The van der Waals surface area contributed by atoms with Crippen LogP contribution < -0.4 is 0 Å². The van der Waals surface area contributed by atoms with Gasteiger partial charge < -0.3 is 0 Å². The van der Waals surface area contributed by atoms with Gasteiger partial charge in [0.15, 0.2) is 0 Å². The molecular formula is C14H8F6S. The molecule has 0 aliphatic heterocycles. The number of hydrogen-bond donors (Lipinski definition) is 0. The standard InChI is InChI=1S/C14H8F6S/c15-13(16,17)11-5-1-9(2-6-11)10-3-7-12(8-4-10)21-14(18,19)20/h1-8H. The van der Waals surface area contributed by atoms with Crippen LogP contribution in [0.4, 0.5) is 26.3 Å². The lowest BCUT2D eigenvalue weighted by atomic mass is 10.0. The van der Waals surface area contributed by atoms with Gasteiger partial charge in [-0.05, 0) is 47.2 Å². The lowest BCUT2D eigenvalue weighted by Crippen LogP contribution is -2.03. The van der Waals surface area contributed by atoms with E-state index in [1.807, 2.05) is 0 Å². The van der Waals surface area contributed by atoms with E-state index in [9.17, 15) is 26.3 Å². The van der Waals surface area contributed by atoms with Crippen molar-refractivity contribution < 1.29 is 26.3 Å². The molecule has 0 bridgehead atoms. The molecule has 0 nitrogen and oxygen atoms in total. The largest absolute Gasteiger partial charge is 0.446 e. The maximum atomic E-state index is 12.4. The second-order valence-corrected chi connectivity index (χ2v) is 5.29. The number of hydrogen-bond acceptors (Lipinski definition) is 1. The lowest BCUT2D eigenvalue weighted by molar-refractivity contribution is -0.137. The van der Waals surface area contributed by atoms with Crippen LogP contribution in [0.25, 0.3) is 11.1 Å². The van der Waals surface area contributed by atoms with Crippen molar-refractivity contribution in [2.75, 3.05) is 0 Å². The molecule has 0 aromatic heterocycles. The minimum absolute atomic E-state index is 0.0261. The fraction of sp³-hybridized carbons (Fsp3) is 0.143.